The molecular weight excluding hydrogens is 361 g/mol. The number of nitrogens with one attached hydrogen (secondary N) is 2. The Kier molecular flexibility index (Phi) is 7.06. The predicted octanol–water partition coefficient (Wildman–Crippen LogP) is 2.63. The first kappa shape index (κ1) is 18.4. The van der Waals surface area contributed by atoms with Crippen molar-refractivity contribution in [2.45, 2.75) is 25.9 Å². The van der Waals surface area contributed by atoms with Crippen LogP contribution in [0.5, 0.6) is 0 Å². The van der Waals surface area contributed by atoms with Gasteiger partial charge in [0.2, 0.25) is 5.91 Å². The van der Waals surface area contributed by atoms with Crippen LogP contribution in [0.3, 0.4) is 0 Å². The first-order chi connectivity index (χ1) is 9.44. The Morgan fingerprint density at radius 3 is 2.62 bits per heavy atom. The standard InChI is InChI=1S/C14H19BrFN3O.ClH/c1-9-6-19(7-10(2)17-9)8-14(20)18-13-4-3-11(15)5-12(13)16;/h3-5,9-10,17H,6-8H2,1-2H3,(H,18,20);1H. The molecule has 1 fully saturated rings. The molecule has 2 N–H and O–H groups in total. The molecule has 118 valence electrons. The number of carbonyl (C=O) groups excluding carboxylic acids is 1. The van der Waals surface area contributed by atoms with Crippen molar-refractivity contribution >= 4 is 39.9 Å². The van der Waals surface area contributed by atoms with Crippen LogP contribution in [0.25, 0.3) is 0 Å². The van der Waals surface area contributed by atoms with Gasteiger partial charge in [-0.25, -0.2) is 4.39 Å². The smallest absolute Gasteiger partial charge is 0.238 e. The Bertz CT molecular complexity index is 493. The highest BCUT2D eigenvalue weighted by Gasteiger charge is 2.22. The largest absolute Gasteiger partial charge is 0.322 e. The molecule has 1 aliphatic rings. The summed E-state index contributed by atoms with van der Waals surface area (Å²) in [4.78, 5) is 14.1. The average Bonchev–Trinajstić information content (AvgIpc) is 2.31. The van der Waals surface area contributed by atoms with E-state index in [2.05, 4.69) is 45.3 Å². The minimum atomic E-state index is -0.435. The van der Waals surface area contributed by atoms with E-state index in [4.69, 9.17) is 0 Å². The average molecular weight is 381 g/mol. The van der Waals surface area contributed by atoms with E-state index in [1.807, 2.05) is 0 Å². The van der Waals surface area contributed by atoms with Crippen molar-refractivity contribution in [2.75, 3.05) is 25.0 Å². The Balaban J connectivity index is 0.00000220. The molecule has 21 heavy (non-hydrogen) atoms. The lowest BCUT2D eigenvalue weighted by molar-refractivity contribution is -0.117. The first-order valence-corrected chi connectivity index (χ1v) is 7.46. The van der Waals surface area contributed by atoms with Gasteiger partial charge < -0.3 is 10.6 Å². The third-order valence-electron chi connectivity index (χ3n) is 3.21. The van der Waals surface area contributed by atoms with Crippen molar-refractivity contribution < 1.29 is 9.18 Å². The highest BCUT2D eigenvalue weighted by molar-refractivity contribution is 9.10. The van der Waals surface area contributed by atoms with E-state index < -0.39 is 5.82 Å². The van der Waals surface area contributed by atoms with Gasteiger partial charge in [-0.2, -0.15) is 0 Å². The lowest BCUT2D eigenvalue weighted by atomic mass is 10.1. The highest BCUT2D eigenvalue weighted by atomic mass is 79.9. The Labute approximate surface area is 139 Å². The number of hydrogen-bond donors (Lipinski definition) is 2. The van der Waals surface area contributed by atoms with Gasteiger partial charge in [-0.3, -0.25) is 9.69 Å². The van der Waals surface area contributed by atoms with Crippen LogP contribution in [-0.2, 0) is 4.79 Å². The van der Waals surface area contributed by atoms with Gasteiger partial charge in [-0.15, -0.1) is 12.4 Å². The quantitative estimate of drug-likeness (QED) is 0.847. The number of carbonyl (C=O) groups is 1. The summed E-state index contributed by atoms with van der Waals surface area (Å²) in [5.41, 5.74) is 0.217. The lowest BCUT2D eigenvalue weighted by Gasteiger charge is -2.35. The summed E-state index contributed by atoms with van der Waals surface area (Å²) in [6.45, 7) is 6.11. The maximum atomic E-state index is 13.6. The summed E-state index contributed by atoms with van der Waals surface area (Å²) < 4.78 is 14.3. The molecule has 0 radical (unpaired) electrons. The van der Waals surface area contributed by atoms with Crippen LogP contribution in [-0.4, -0.2) is 42.5 Å². The van der Waals surface area contributed by atoms with Gasteiger partial charge in [0, 0.05) is 29.6 Å². The van der Waals surface area contributed by atoms with Gasteiger partial charge >= 0.3 is 0 Å². The minimum absolute atomic E-state index is 0. The summed E-state index contributed by atoms with van der Waals surface area (Å²) in [6.07, 6.45) is 0. The van der Waals surface area contributed by atoms with Crippen LogP contribution in [0, 0.1) is 5.82 Å². The maximum Gasteiger partial charge on any atom is 0.238 e. The van der Waals surface area contributed by atoms with E-state index >= 15 is 0 Å². The molecule has 2 unspecified atom stereocenters. The molecule has 1 saturated heterocycles. The molecule has 7 heteroatoms. The topological polar surface area (TPSA) is 44.4 Å². The maximum absolute atomic E-state index is 13.6. The predicted molar refractivity (Wildman–Crippen MR) is 88.5 cm³/mol. The molecule has 0 aromatic heterocycles. The second-order valence-corrected chi connectivity index (χ2v) is 6.25. The van der Waals surface area contributed by atoms with Gasteiger partial charge in [0.25, 0.3) is 0 Å². The fourth-order valence-electron chi connectivity index (χ4n) is 2.55. The normalized spacial score (nSPS) is 22.5. The van der Waals surface area contributed by atoms with E-state index in [1.54, 1.807) is 12.1 Å². The number of halogens is 3. The third-order valence-corrected chi connectivity index (χ3v) is 3.70. The summed E-state index contributed by atoms with van der Waals surface area (Å²) in [6, 6.07) is 5.31. The van der Waals surface area contributed by atoms with Crippen molar-refractivity contribution in [3.63, 3.8) is 0 Å². The molecule has 0 saturated carbocycles. The summed E-state index contributed by atoms with van der Waals surface area (Å²) >= 11 is 3.19. The number of piperazine rings is 1. The highest BCUT2D eigenvalue weighted by Crippen LogP contribution is 2.19. The molecule has 1 aromatic rings. The van der Waals surface area contributed by atoms with E-state index in [-0.39, 0.29) is 30.5 Å². The van der Waals surface area contributed by atoms with Crippen LogP contribution in [0.1, 0.15) is 13.8 Å². The fraction of sp³-hybridized carbons (Fsp3) is 0.500. The number of nitrogens with zero attached hydrogens (tertiary/aromatic N) is 1. The zero-order valence-electron chi connectivity index (χ0n) is 12.0. The molecule has 0 bridgehead atoms. The SMILES string of the molecule is CC1CN(CC(=O)Nc2ccc(Br)cc2F)CC(C)N1.Cl. The van der Waals surface area contributed by atoms with Crippen molar-refractivity contribution in [1.82, 2.24) is 10.2 Å². The van der Waals surface area contributed by atoms with Crippen LogP contribution in [0.15, 0.2) is 22.7 Å². The second-order valence-electron chi connectivity index (χ2n) is 5.34. The first-order valence-electron chi connectivity index (χ1n) is 6.67. The molecule has 0 spiro atoms. The van der Waals surface area contributed by atoms with Gasteiger partial charge in [0.15, 0.2) is 0 Å². The molecule has 1 aromatic carbocycles. The number of benzene rings is 1. The molecule has 1 heterocycles. The van der Waals surface area contributed by atoms with E-state index in [0.29, 0.717) is 16.6 Å². The summed E-state index contributed by atoms with van der Waals surface area (Å²) in [5.74, 6) is -0.623. The minimum Gasteiger partial charge on any atom is -0.322 e. The van der Waals surface area contributed by atoms with Gasteiger partial charge in [-0.1, -0.05) is 15.9 Å². The second kappa shape index (κ2) is 8.08. The van der Waals surface area contributed by atoms with Crippen LogP contribution < -0.4 is 10.6 Å². The van der Waals surface area contributed by atoms with Crippen molar-refractivity contribution in [1.29, 1.82) is 0 Å². The molecule has 0 aliphatic carbocycles. The zero-order valence-corrected chi connectivity index (χ0v) is 14.4. The summed E-state index contributed by atoms with van der Waals surface area (Å²) in [7, 11) is 0. The zero-order chi connectivity index (χ0) is 14.7. The number of amides is 1. The number of rotatable bonds is 3. The van der Waals surface area contributed by atoms with Crippen LogP contribution >= 0.6 is 28.3 Å². The van der Waals surface area contributed by atoms with E-state index in [0.717, 1.165) is 13.1 Å². The molecule has 2 rings (SSSR count). The Morgan fingerprint density at radius 1 is 1.43 bits per heavy atom. The number of anilines is 1. The Hall–Kier alpha value is -0.690. The van der Waals surface area contributed by atoms with Crippen molar-refractivity contribution in [3.05, 3.63) is 28.5 Å². The van der Waals surface area contributed by atoms with Gasteiger partial charge in [0.1, 0.15) is 5.82 Å². The monoisotopic (exact) mass is 379 g/mol. The van der Waals surface area contributed by atoms with Crippen molar-refractivity contribution in [2.24, 2.45) is 0 Å². The number of hydrogen-bond acceptors (Lipinski definition) is 3. The Morgan fingerprint density at radius 2 is 2.05 bits per heavy atom. The summed E-state index contributed by atoms with van der Waals surface area (Å²) in [5, 5.41) is 6.03. The van der Waals surface area contributed by atoms with E-state index in [9.17, 15) is 9.18 Å². The van der Waals surface area contributed by atoms with Gasteiger partial charge in [-0.05, 0) is 32.0 Å². The molecule has 1 amide bonds. The van der Waals surface area contributed by atoms with Crippen LogP contribution in [0.2, 0.25) is 0 Å². The molecular formula is C14H20BrClFN3O. The molecule has 4 nitrogen and oxygen atoms in total. The molecule has 1 aliphatic heterocycles. The lowest BCUT2D eigenvalue weighted by Crippen LogP contribution is -2.55. The molecule has 2 atom stereocenters. The fourth-order valence-corrected chi connectivity index (χ4v) is 2.89. The van der Waals surface area contributed by atoms with Crippen molar-refractivity contribution in [3.8, 4) is 0 Å². The van der Waals surface area contributed by atoms with E-state index in [1.165, 1.54) is 6.07 Å². The van der Waals surface area contributed by atoms with Crippen LogP contribution in [0.4, 0.5) is 10.1 Å². The third kappa shape index (κ3) is 5.54. The van der Waals surface area contributed by atoms with Gasteiger partial charge in [0.05, 0.1) is 12.2 Å².